The lowest BCUT2D eigenvalue weighted by Gasteiger charge is -2.23. The molecule has 1 heterocycles. The van der Waals surface area contributed by atoms with Gasteiger partial charge in [-0.2, -0.15) is 0 Å². The molecule has 3 nitrogen and oxygen atoms in total. The van der Waals surface area contributed by atoms with Crippen LogP contribution in [0.2, 0.25) is 5.02 Å². The standard InChI is InChI=1S/C18H21ClN2OS/c1-21(2)16(17-8-5-9-23-17)11-20-18(22)14-10-13(14)12-6-3-4-7-15(12)19/h3-9,13-14,16H,10-11H2,1-2H3,(H,20,22). The zero-order valence-electron chi connectivity index (χ0n) is 13.3. The van der Waals surface area contributed by atoms with Gasteiger partial charge in [0, 0.05) is 22.4 Å². The maximum absolute atomic E-state index is 12.4. The zero-order valence-corrected chi connectivity index (χ0v) is 14.9. The normalized spacial score (nSPS) is 21.2. The summed E-state index contributed by atoms with van der Waals surface area (Å²) < 4.78 is 0. The number of benzene rings is 1. The van der Waals surface area contributed by atoms with Crippen molar-refractivity contribution in [2.24, 2.45) is 5.92 Å². The van der Waals surface area contributed by atoms with E-state index in [0.717, 1.165) is 17.0 Å². The molecule has 2 aromatic rings. The molecule has 122 valence electrons. The highest BCUT2D eigenvalue weighted by Gasteiger charge is 2.44. The molecule has 0 radical (unpaired) electrons. The van der Waals surface area contributed by atoms with Gasteiger partial charge in [-0.15, -0.1) is 11.3 Å². The van der Waals surface area contributed by atoms with Gasteiger partial charge in [-0.05, 0) is 49.5 Å². The fraction of sp³-hybridized carbons (Fsp3) is 0.389. The molecule has 3 unspecified atom stereocenters. The summed E-state index contributed by atoms with van der Waals surface area (Å²) >= 11 is 7.95. The van der Waals surface area contributed by atoms with E-state index in [9.17, 15) is 4.79 Å². The van der Waals surface area contributed by atoms with Crippen molar-refractivity contribution in [1.82, 2.24) is 10.2 Å². The lowest BCUT2D eigenvalue weighted by Crippen LogP contribution is -2.35. The Hall–Kier alpha value is -1.36. The van der Waals surface area contributed by atoms with E-state index in [-0.39, 0.29) is 23.8 Å². The molecular formula is C18H21ClN2OS. The van der Waals surface area contributed by atoms with Gasteiger partial charge < -0.3 is 10.2 Å². The average Bonchev–Trinajstić information content (AvgIpc) is 3.14. The predicted molar refractivity (Wildman–Crippen MR) is 96.1 cm³/mol. The van der Waals surface area contributed by atoms with Crippen molar-refractivity contribution in [3.8, 4) is 0 Å². The summed E-state index contributed by atoms with van der Waals surface area (Å²) in [5.74, 6) is 0.461. The lowest BCUT2D eigenvalue weighted by molar-refractivity contribution is -0.122. The van der Waals surface area contributed by atoms with Crippen molar-refractivity contribution in [3.63, 3.8) is 0 Å². The van der Waals surface area contributed by atoms with Crippen LogP contribution in [0.3, 0.4) is 0 Å². The minimum Gasteiger partial charge on any atom is -0.354 e. The molecule has 1 aromatic carbocycles. The van der Waals surface area contributed by atoms with Crippen LogP contribution in [0.5, 0.6) is 0 Å². The number of rotatable bonds is 6. The van der Waals surface area contributed by atoms with E-state index in [1.54, 1.807) is 11.3 Å². The van der Waals surface area contributed by atoms with E-state index in [1.165, 1.54) is 4.88 Å². The molecule has 1 fully saturated rings. The van der Waals surface area contributed by atoms with E-state index >= 15 is 0 Å². The first-order valence-electron chi connectivity index (χ1n) is 7.80. The van der Waals surface area contributed by atoms with Gasteiger partial charge in [0.2, 0.25) is 5.91 Å². The highest BCUT2D eigenvalue weighted by molar-refractivity contribution is 7.10. The molecule has 1 saturated carbocycles. The number of likely N-dealkylation sites (N-methyl/N-ethyl adjacent to an activating group) is 1. The summed E-state index contributed by atoms with van der Waals surface area (Å²) in [4.78, 5) is 15.8. The number of hydrogen-bond acceptors (Lipinski definition) is 3. The molecule has 1 aromatic heterocycles. The number of halogens is 1. The Labute approximate surface area is 146 Å². The molecular weight excluding hydrogens is 328 g/mol. The molecule has 0 spiro atoms. The average molecular weight is 349 g/mol. The molecule has 0 saturated heterocycles. The van der Waals surface area contributed by atoms with E-state index < -0.39 is 0 Å². The molecule has 0 aliphatic heterocycles. The molecule has 5 heteroatoms. The van der Waals surface area contributed by atoms with Gasteiger partial charge in [-0.3, -0.25) is 4.79 Å². The van der Waals surface area contributed by atoms with Gasteiger partial charge in [0.05, 0.1) is 6.04 Å². The van der Waals surface area contributed by atoms with Gasteiger partial charge in [0.15, 0.2) is 0 Å². The first-order valence-corrected chi connectivity index (χ1v) is 9.05. The van der Waals surface area contributed by atoms with Crippen LogP contribution in [0, 0.1) is 5.92 Å². The second-order valence-electron chi connectivity index (χ2n) is 6.21. The Morgan fingerprint density at radius 3 is 2.78 bits per heavy atom. The Morgan fingerprint density at radius 2 is 2.13 bits per heavy atom. The summed E-state index contributed by atoms with van der Waals surface area (Å²) in [5.41, 5.74) is 1.09. The third kappa shape index (κ3) is 3.77. The number of nitrogens with zero attached hydrogens (tertiary/aromatic N) is 1. The van der Waals surface area contributed by atoms with Gasteiger partial charge in [-0.25, -0.2) is 0 Å². The van der Waals surface area contributed by atoms with E-state index in [1.807, 2.05) is 44.4 Å². The van der Waals surface area contributed by atoms with E-state index in [2.05, 4.69) is 21.7 Å². The highest BCUT2D eigenvalue weighted by atomic mass is 35.5. The SMILES string of the molecule is CN(C)C(CNC(=O)C1CC1c1ccccc1Cl)c1cccs1. The fourth-order valence-electron chi connectivity index (χ4n) is 2.95. The smallest absolute Gasteiger partial charge is 0.223 e. The van der Waals surface area contributed by atoms with Crippen molar-refractivity contribution in [1.29, 1.82) is 0 Å². The molecule has 0 bridgehead atoms. The van der Waals surface area contributed by atoms with Gasteiger partial charge in [-0.1, -0.05) is 35.9 Å². The van der Waals surface area contributed by atoms with Crippen molar-refractivity contribution in [3.05, 3.63) is 57.2 Å². The maximum atomic E-state index is 12.4. The van der Waals surface area contributed by atoms with Crippen LogP contribution in [-0.4, -0.2) is 31.4 Å². The maximum Gasteiger partial charge on any atom is 0.223 e. The summed E-state index contributed by atoms with van der Waals surface area (Å²) in [6.07, 6.45) is 0.890. The van der Waals surface area contributed by atoms with E-state index in [0.29, 0.717) is 6.54 Å². The molecule has 3 rings (SSSR count). The van der Waals surface area contributed by atoms with E-state index in [4.69, 9.17) is 11.6 Å². The van der Waals surface area contributed by atoms with Crippen LogP contribution in [0.1, 0.15) is 28.8 Å². The molecule has 1 aliphatic rings. The lowest BCUT2D eigenvalue weighted by atomic mass is 10.1. The van der Waals surface area contributed by atoms with Crippen LogP contribution < -0.4 is 5.32 Å². The minimum absolute atomic E-state index is 0.0565. The van der Waals surface area contributed by atoms with Crippen LogP contribution >= 0.6 is 22.9 Å². The summed E-state index contributed by atoms with van der Waals surface area (Å²) in [5, 5.41) is 5.95. The number of amides is 1. The van der Waals surface area contributed by atoms with Gasteiger partial charge in [0.1, 0.15) is 0 Å². The van der Waals surface area contributed by atoms with Crippen molar-refractivity contribution >= 4 is 28.8 Å². The second-order valence-corrected chi connectivity index (χ2v) is 7.60. The van der Waals surface area contributed by atoms with Crippen molar-refractivity contribution in [2.45, 2.75) is 18.4 Å². The Kier molecular flexibility index (Phi) is 5.05. The van der Waals surface area contributed by atoms with Crippen LogP contribution in [0.4, 0.5) is 0 Å². The molecule has 1 aliphatic carbocycles. The summed E-state index contributed by atoms with van der Waals surface area (Å²) in [6.45, 7) is 0.637. The van der Waals surface area contributed by atoms with Crippen LogP contribution in [-0.2, 0) is 4.79 Å². The Balaban J connectivity index is 1.57. The third-order valence-corrected chi connectivity index (χ3v) is 5.71. The van der Waals surface area contributed by atoms with Crippen molar-refractivity contribution < 1.29 is 4.79 Å². The predicted octanol–water partition coefficient (Wildman–Crippen LogP) is 3.92. The number of thiophene rings is 1. The second kappa shape index (κ2) is 7.04. The molecule has 1 amide bonds. The first kappa shape index (κ1) is 16.5. The number of carbonyl (C=O) groups is 1. The fourth-order valence-corrected chi connectivity index (χ4v) is 4.15. The highest BCUT2D eigenvalue weighted by Crippen LogP contribution is 2.49. The Morgan fingerprint density at radius 1 is 1.35 bits per heavy atom. The van der Waals surface area contributed by atoms with Crippen LogP contribution in [0.25, 0.3) is 0 Å². The largest absolute Gasteiger partial charge is 0.354 e. The Bertz CT molecular complexity index is 671. The summed E-state index contributed by atoms with van der Waals surface area (Å²) in [7, 11) is 4.08. The third-order valence-electron chi connectivity index (χ3n) is 4.40. The molecule has 23 heavy (non-hydrogen) atoms. The minimum atomic E-state index is 0.0565. The van der Waals surface area contributed by atoms with Crippen LogP contribution in [0.15, 0.2) is 41.8 Å². The monoisotopic (exact) mass is 348 g/mol. The number of carbonyl (C=O) groups excluding carboxylic acids is 1. The topological polar surface area (TPSA) is 32.3 Å². The van der Waals surface area contributed by atoms with Crippen molar-refractivity contribution in [2.75, 3.05) is 20.6 Å². The van der Waals surface area contributed by atoms with Gasteiger partial charge in [0.25, 0.3) is 0 Å². The number of hydrogen-bond donors (Lipinski definition) is 1. The first-order chi connectivity index (χ1) is 11.1. The zero-order chi connectivity index (χ0) is 16.4. The van der Waals surface area contributed by atoms with Gasteiger partial charge >= 0.3 is 0 Å². The quantitative estimate of drug-likeness (QED) is 0.858. The molecule has 1 N–H and O–H groups in total. The summed E-state index contributed by atoms with van der Waals surface area (Å²) in [6, 6.07) is 12.2. The molecule has 3 atom stereocenters. The number of nitrogens with one attached hydrogen (secondary N) is 1.